The van der Waals surface area contributed by atoms with Crippen LogP contribution < -0.4 is 10.2 Å². The van der Waals surface area contributed by atoms with Crippen LogP contribution in [0.5, 0.6) is 0 Å². The van der Waals surface area contributed by atoms with Crippen LogP contribution in [0, 0.1) is 10.1 Å². The van der Waals surface area contributed by atoms with E-state index in [1.165, 1.54) is 6.07 Å². The third-order valence-corrected chi connectivity index (χ3v) is 3.77. The van der Waals surface area contributed by atoms with Crippen molar-refractivity contribution in [2.75, 3.05) is 36.6 Å². The lowest BCUT2D eigenvalue weighted by molar-refractivity contribution is -0.384. The van der Waals surface area contributed by atoms with Crippen LogP contribution in [0.4, 0.5) is 17.1 Å². The maximum absolute atomic E-state index is 11.4. The number of morpholine rings is 1. The summed E-state index contributed by atoms with van der Waals surface area (Å²) in [5.41, 5.74) is 1.59. The fraction of sp³-hybridized carbons (Fsp3) is 0.462. The minimum Gasteiger partial charge on any atom is -0.394 e. The van der Waals surface area contributed by atoms with Gasteiger partial charge in [-0.3, -0.25) is 14.9 Å². The van der Waals surface area contributed by atoms with Gasteiger partial charge in [0.25, 0.3) is 5.69 Å². The molecule has 0 aliphatic carbocycles. The molecule has 1 atom stereocenters. The van der Waals surface area contributed by atoms with Crippen LogP contribution in [0.25, 0.3) is 0 Å². The topological polar surface area (TPSA) is 105 Å². The van der Waals surface area contributed by atoms with Crippen LogP contribution in [-0.2, 0) is 16.0 Å². The molecule has 0 aromatic heterocycles. The van der Waals surface area contributed by atoms with E-state index < -0.39 is 4.92 Å². The van der Waals surface area contributed by atoms with E-state index in [4.69, 9.17) is 4.74 Å². The summed E-state index contributed by atoms with van der Waals surface area (Å²) in [7, 11) is 0. The van der Waals surface area contributed by atoms with Crippen molar-refractivity contribution in [3.8, 4) is 0 Å². The SMILES string of the molecule is O=C1Cc2cc([N+](=O)[O-])c(N3CCOCC3CO)cc2N1. The van der Waals surface area contributed by atoms with Crippen LogP contribution in [0.15, 0.2) is 12.1 Å². The Bertz CT molecular complexity index is 604. The van der Waals surface area contributed by atoms with E-state index >= 15 is 0 Å². The molecular formula is C13H15N3O5. The monoisotopic (exact) mass is 293 g/mol. The van der Waals surface area contributed by atoms with Gasteiger partial charge in [-0.15, -0.1) is 0 Å². The molecule has 1 aromatic carbocycles. The Morgan fingerprint density at radius 3 is 3.05 bits per heavy atom. The van der Waals surface area contributed by atoms with Gasteiger partial charge in [-0.2, -0.15) is 0 Å². The van der Waals surface area contributed by atoms with Crippen LogP contribution in [0.2, 0.25) is 0 Å². The van der Waals surface area contributed by atoms with Gasteiger partial charge in [0.05, 0.1) is 37.2 Å². The van der Waals surface area contributed by atoms with Crippen molar-refractivity contribution >= 4 is 23.0 Å². The second-order valence-corrected chi connectivity index (χ2v) is 5.08. The van der Waals surface area contributed by atoms with E-state index in [-0.39, 0.29) is 30.7 Å². The summed E-state index contributed by atoms with van der Waals surface area (Å²) in [5.74, 6) is -0.169. The first-order valence-corrected chi connectivity index (χ1v) is 6.66. The zero-order valence-corrected chi connectivity index (χ0v) is 11.2. The summed E-state index contributed by atoms with van der Waals surface area (Å²) in [6.07, 6.45) is 0.156. The predicted molar refractivity (Wildman–Crippen MR) is 74.5 cm³/mol. The molecule has 1 aromatic rings. The van der Waals surface area contributed by atoms with Gasteiger partial charge >= 0.3 is 0 Å². The number of benzene rings is 1. The number of nitro groups is 1. The minimum atomic E-state index is -0.456. The van der Waals surface area contributed by atoms with Crippen molar-refractivity contribution in [3.05, 3.63) is 27.8 Å². The highest BCUT2D eigenvalue weighted by Gasteiger charge is 2.31. The summed E-state index contributed by atoms with van der Waals surface area (Å²) in [5, 5.41) is 23.4. The van der Waals surface area contributed by atoms with Gasteiger partial charge in [0, 0.05) is 18.3 Å². The second kappa shape index (κ2) is 5.30. The Morgan fingerprint density at radius 2 is 2.33 bits per heavy atom. The number of nitro benzene ring substituents is 1. The van der Waals surface area contributed by atoms with E-state index in [9.17, 15) is 20.0 Å². The molecule has 3 rings (SSSR count). The van der Waals surface area contributed by atoms with Crippen LogP contribution in [0.1, 0.15) is 5.56 Å². The highest BCUT2D eigenvalue weighted by molar-refractivity contribution is 6.00. The number of ether oxygens (including phenoxy) is 1. The Hall–Kier alpha value is -2.19. The van der Waals surface area contributed by atoms with E-state index in [0.29, 0.717) is 36.7 Å². The molecule has 21 heavy (non-hydrogen) atoms. The molecule has 8 heteroatoms. The van der Waals surface area contributed by atoms with Crippen molar-refractivity contribution < 1.29 is 19.6 Å². The lowest BCUT2D eigenvalue weighted by atomic mass is 10.1. The zero-order chi connectivity index (χ0) is 15.0. The molecule has 0 bridgehead atoms. The molecule has 2 aliphatic heterocycles. The number of nitrogens with one attached hydrogen (secondary N) is 1. The number of amides is 1. The summed E-state index contributed by atoms with van der Waals surface area (Å²) < 4.78 is 5.29. The third-order valence-electron chi connectivity index (χ3n) is 3.77. The molecule has 112 valence electrons. The lowest BCUT2D eigenvalue weighted by Gasteiger charge is -2.36. The van der Waals surface area contributed by atoms with Crippen molar-refractivity contribution in [2.24, 2.45) is 0 Å². The molecule has 0 saturated carbocycles. The number of nitrogens with zero attached hydrogens (tertiary/aromatic N) is 2. The molecule has 0 spiro atoms. The van der Waals surface area contributed by atoms with E-state index in [1.54, 1.807) is 11.0 Å². The normalized spacial score (nSPS) is 21.1. The predicted octanol–water partition coefficient (Wildman–Crippen LogP) is 0.287. The first kappa shape index (κ1) is 13.8. The number of hydrogen-bond acceptors (Lipinski definition) is 6. The maximum atomic E-state index is 11.4. The lowest BCUT2D eigenvalue weighted by Crippen LogP contribution is -2.47. The number of rotatable bonds is 3. The number of carbonyl (C=O) groups excluding carboxylic acids is 1. The first-order valence-electron chi connectivity index (χ1n) is 6.66. The van der Waals surface area contributed by atoms with Gasteiger partial charge < -0.3 is 20.1 Å². The average Bonchev–Trinajstić information content (AvgIpc) is 2.84. The van der Waals surface area contributed by atoms with Crippen LogP contribution in [-0.4, -0.2) is 48.3 Å². The quantitative estimate of drug-likeness (QED) is 0.613. The van der Waals surface area contributed by atoms with Crippen molar-refractivity contribution in [3.63, 3.8) is 0 Å². The van der Waals surface area contributed by atoms with Gasteiger partial charge in [0.1, 0.15) is 5.69 Å². The molecular weight excluding hydrogens is 278 g/mol. The highest BCUT2D eigenvalue weighted by atomic mass is 16.6. The Kier molecular flexibility index (Phi) is 3.48. The largest absolute Gasteiger partial charge is 0.394 e. The van der Waals surface area contributed by atoms with Gasteiger partial charge in [0.2, 0.25) is 5.91 Å². The number of hydrogen-bond donors (Lipinski definition) is 2. The highest BCUT2D eigenvalue weighted by Crippen LogP contribution is 2.37. The molecule has 1 unspecified atom stereocenters. The zero-order valence-electron chi connectivity index (χ0n) is 11.2. The van der Waals surface area contributed by atoms with Gasteiger partial charge in [-0.1, -0.05) is 0 Å². The first-order chi connectivity index (χ1) is 10.1. The van der Waals surface area contributed by atoms with Crippen molar-refractivity contribution in [1.82, 2.24) is 0 Å². The van der Waals surface area contributed by atoms with Crippen molar-refractivity contribution in [1.29, 1.82) is 0 Å². The van der Waals surface area contributed by atoms with E-state index in [2.05, 4.69) is 5.32 Å². The fourth-order valence-corrected chi connectivity index (χ4v) is 2.75. The van der Waals surface area contributed by atoms with Gasteiger partial charge in [0.15, 0.2) is 0 Å². The van der Waals surface area contributed by atoms with Crippen LogP contribution in [0.3, 0.4) is 0 Å². The summed E-state index contributed by atoms with van der Waals surface area (Å²) in [6, 6.07) is 2.73. The number of carbonyl (C=O) groups is 1. The molecule has 2 heterocycles. The van der Waals surface area contributed by atoms with E-state index in [0.717, 1.165) is 0 Å². The van der Waals surface area contributed by atoms with Crippen LogP contribution >= 0.6 is 0 Å². The molecule has 2 aliphatic rings. The Labute approximate surface area is 120 Å². The van der Waals surface area contributed by atoms with E-state index in [1.807, 2.05) is 0 Å². The second-order valence-electron chi connectivity index (χ2n) is 5.08. The summed E-state index contributed by atoms with van der Waals surface area (Å²) >= 11 is 0. The Balaban J connectivity index is 2.06. The molecule has 0 radical (unpaired) electrons. The standard InChI is InChI=1S/C13H15N3O5/c17-6-9-7-21-2-1-15(9)11-5-10-8(4-13(18)14-10)3-12(11)16(19)20/h3,5,9,17H,1-2,4,6-7H2,(H,14,18). The Morgan fingerprint density at radius 1 is 1.52 bits per heavy atom. The molecule has 1 fully saturated rings. The fourth-order valence-electron chi connectivity index (χ4n) is 2.75. The smallest absolute Gasteiger partial charge is 0.292 e. The number of fused-ring (bicyclic) bond motifs is 1. The molecule has 1 saturated heterocycles. The molecule has 8 nitrogen and oxygen atoms in total. The molecule has 2 N–H and O–H groups in total. The molecule has 1 amide bonds. The van der Waals surface area contributed by atoms with Gasteiger partial charge in [-0.05, 0) is 11.6 Å². The van der Waals surface area contributed by atoms with Gasteiger partial charge in [-0.25, -0.2) is 0 Å². The average molecular weight is 293 g/mol. The third kappa shape index (κ3) is 2.43. The number of aliphatic hydroxyl groups excluding tert-OH is 1. The number of aliphatic hydroxyl groups is 1. The summed E-state index contributed by atoms with van der Waals surface area (Å²) in [4.78, 5) is 24.1. The summed E-state index contributed by atoms with van der Waals surface area (Å²) in [6.45, 7) is 1.06. The maximum Gasteiger partial charge on any atom is 0.292 e. The number of anilines is 2. The van der Waals surface area contributed by atoms with Crippen molar-refractivity contribution in [2.45, 2.75) is 12.5 Å². The minimum absolute atomic E-state index is 0.0504.